The van der Waals surface area contributed by atoms with Crippen molar-refractivity contribution in [1.82, 2.24) is 0 Å². The van der Waals surface area contributed by atoms with Gasteiger partial charge < -0.3 is 0 Å². The molecular weight excluding hydrogens is 637 g/mol. The minimum absolute atomic E-state index is 0.659. The van der Waals surface area contributed by atoms with Gasteiger partial charge in [0, 0.05) is 0 Å². The lowest BCUT2D eigenvalue weighted by Crippen LogP contribution is -2.28. The van der Waals surface area contributed by atoms with Crippen molar-refractivity contribution in [1.29, 1.82) is 0 Å². The Kier molecular flexibility index (Phi) is 25.1. The van der Waals surface area contributed by atoms with Crippen LogP contribution in [0.3, 0.4) is 0 Å². The molecule has 0 N–H and O–H groups in total. The average molecular weight is 743 g/mol. The number of unbranched alkanes of at least 4 members (excludes halogenated alkanes) is 2. The molecule has 318 valence electrons. The average Bonchev–Trinajstić information content (AvgIpc) is 3.73. The second-order valence-corrected chi connectivity index (χ2v) is 23.2. The highest BCUT2D eigenvalue weighted by Crippen LogP contribution is 2.45. The van der Waals surface area contributed by atoms with Crippen LogP contribution in [0.1, 0.15) is 290 Å². The van der Waals surface area contributed by atoms with E-state index in [2.05, 4.69) is 96.9 Å². The van der Waals surface area contributed by atoms with E-state index < -0.39 is 0 Å². The SMILES string of the molecule is CC(C)CC1(C)CCCC1.CC(C)CC1(C)CCCCC1.CC1CCC(C)(C(C)C)CC1.CCCCC1(C)CCCC1.CCCCC1(C)CCCCC1. The van der Waals surface area contributed by atoms with Crippen LogP contribution in [0.25, 0.3) is 0 Å². The Bertz CT molecular complexity index is 840. The molecule has 53 heavy (non-hydrogen) atoms. The smallest absolute Gasteiger partial charge is 0.0303 e. The van der Waals surface area contributed by atoms with Crippen molar-refractivity contribution >= 4 is 0 Å². The van der Waals surface area contributed by atoms with E-state index in [0.29, 0.717) is 16.2 Å². The van der Waals surface area contributed by atoms with Crippen molar-refractivity contribution in [2.45, 2.75) is 290 Å². The maximum absolute atomic E-state index is 2.49. The van der Waals surface area contributed by atoms with Gasteiger partial charge in [-0.05, 0) is 141 Å². The topological polar surface area (TPSA) is 0 Å². The Morgan fingerprint density at radius 3 is 0.962 bits per heavy atom. The lowest BCUT2D eigenvalue weighted by Gasteiger charge is -2.39. The molecule has 0 bridgehead atoms. The van der Waals surface area contributed by atoms with Crippen LogP contribution >= 0.6 is 0 Å². The van der Waals surface area contributed by atoms with Crippen LogP contribution in [0, 0.1) is 50.7 Å². The molecule has 0 heteroatoms. The third kappa shape index (κ3) is 22.5. The minimum atomic E-state index is 0.659. The molecule has 0 nitrogen and oxygen atoms in total. The van der Waals surface area contributed by atoms with E-state index >= 15 is 0 Å². The quantitative estimate of drug-likeness (QED) is 0.198. The predicted octanol–water partition coefficient (Wildman–Crippen LogP) is 19.4. The van der Waals surface area contributed by atoms with Crippen LogP contribution < -0.4 is 0 Å². The molecule has 0 aromatic heterocycles. The van der Waals surface area contributed by atoms with Gasteiger partial charge in [0.15, 0.2) is 0 Å². The summed E-state index contributed by atoms with van der Waals surface area (Å²) in [6, 6.07) is 0. The second kappa shape index (κ2) is 26.1. The van der Waals surface area contributed by atoms with Gasteiger partial charge in [-0.15, -0.1) is 0 Å². The Labute approximate surface area is 339 Å². The molecule has 5 fully saturated rings. The first kappa shape index (κ1) is 51.0. The van der Waals surface area contributed by atoms with E-state index in [1.165, 1.54) is 193 Å². The van der Waals surface area contributed by atoms with Crippen LogP contribution in [-0.2, 0) is 0 Å². The fourth-order valence-electron chi connectivity index (χ4n) is 11.4. The molecule has 5 aliphatic rings. The Morgan fingerprint density at radius 2 is 0.698 bits per heavy atom. The van der Waals surface area contributed by atoms with Crippen LogP contribution in [-0.4, -0.2) is 0 Å². The van der Waals surface area contributed by atoms with Gasteiger partial charge in [-0.1, -0.05) is 200 Å². The zero-order valence-corrected chi connectivity index (χ0v) is 40.0. The molecule has 0 radical (unpaired) electrons. The van der Waals surface area contributed by atoms with Crippen molar-refractivity contribution in [3.05, 3.63) is 0 Å². The lowest BCUT2D eigenvalue weighted by atomic mass is 9.66. The fourth-order valence-corrected chi connectivity index (χ4v) is 11.4. The van der Waals surface area contributed by atoms with Crippen molar-refractivity contribution in [2.24, 2.45) is 50.7 Å². The predicted molar refractivity (Wildman–Crippen MR) is 244 cm³/mol. The van der Waals surface area contributed by atoms with Crippen LogP contribution in [0.15, 0.2) is 0 Å². The number of rotatable bonds is 11. The van der Waals surface area contributed by atoms with E-state index in [1.807, 2.05) is 0 Å². The van der Waals surface area contributed by atoms with Gasteiger partial charge in [0.25, 0.3) is 0 Å². The summed E-state index contributed by atoms with van der Waals surface area (Å²) in [6.07, 6.45) is 44.0. The van der Waals surface area contributed by atoms with Crippen molar-refractivity contribution < 1.29 is 0 Å². The highest BCUT2D eigenvalue weighted by Gasteiger charge is 2.32. The van der Waals surface area contributed by atoms with Crippen LogP contribution in [0.4, 0.5) is 0 Å². The minimum Gasteiger partial charge on any atom is -0.0654 e. The normalized spacial score (nSPS) is 27.0. The van der Waals surface area contributed by atoms with Crippen LogP contribution in [0.2, 0.25) is 0 Å². The van der Waals surface area contributed by atoms with E-state index in [4.69, 9.17) is 0 Å². The van der Waals surface area contributed by atoms with Gasteiger partial charge in [-0.2, -0.15) is 0 Å². The molecule has 0 heterocycles. The maximum Gasteiger partial charge on any atom is -0.0303 e. The second-order valence-electron chi connectivity index (χ2n) is 23.2. The summed E-state index contributed by atoms with van der Waals surface area (Å²) < 4.78 is 0. The van der Waals surface area contributed by atoms with Gasteiger partial charge in [0.05, 0.1) is 0 Å². The summed E-state index contributed by atoms with van der Waals surface area (Å²) in [4.78, 5) is 0. The first-order valence-electron chi connectivity index (χ1n) is 24.8. The third-order valence-electron chi connectivity index (χ3n) is 15.6. The van der Waals surface area contributed by atoms with E-state index in [0.717, 1.165) is 34.5 Å². The van der Waals surface area contributed by atoms with Crippen molar-refractivity contribution in [3.8, 4) is 0 Å². The third-order valence-corrected chi connectivity index (χ3v) is 15.6. The molecule has 0 unspecified atom stereocenters. The van der Waals surface area contributed by atoms with Gasteiger partial charge in [0.1, 0.15) is 0 Å². The van der Waals surface area contributed by atoms with Crippen molar-refractivity contribution in [3.63, 3.8) is 0 Å². The summed E-state index contributed by atoms with van der Waals surface area (Å²) in [6.45, 7) is 33.4. The molecule has 0 saturated heterocycles. The zero-order valence-electron chi connectivity index (χ0n) is 40.0. The highest BCUT2D eigenvalue weighted by atomic mass is 14.4. The molecule has 0 amide bonds. The summed E-state index contributed by atoms with van der Waals surface area (Å²) in [7, 11) is 0. The van der Waals surface area contributed by atoms with E-state index in [1.54, 1.807) is 0 Å². The molecule has 0 aromatic carbocycles. The van der Waals surface area contributed by atoms with Gasteiger partial charge in [0.2, 0.25) is 0 Å². The number of hydrogen-bond acceptors (Lipinski definition) is 0. The molecule has 5 saturated carbocycles. The molecule has 0 aliphatic heterocycles. The summed E-state index contributed by atoms with van der Waals surface area (Å²) in [5, 5.41) is 0. The van der Waals surface area contributed by atoms with E-state index in [-0.39, 0.29) is 0 Å². The molecule has 5 aliphatic carbocycles. The largest absolute Gasteiger partial charge is 0.0654 e. The molecule has 0 aromatic rings. The van der Waals surface area contributed by atoms with E-state index in [9.17, 15) is 0 Å². The molecular formula is C53H106. The summed E-state index contributed by atoms with van der Waals surface area (Å²) in [5.74, 6) is 3.64. The first-order chi connectivity index (χ1) is 24.8. The van der Waals surface area contributed by atoms with Crippen molar-refractivity contribution in [2.75, 3.05) is 0 Å². The van der Waals surface area contributed by atoms with Gasteiger partial charge in [-0.3, -0.25) is 0 Å². The maximum atomic E-state index is 2.49. The molecule has 5 rings (SSSR count). The highest BCUT2D eigenvalue weighted by molar-refractivity contribution is 4.84. The summed E-state index contributed by atoms with van der Waals surface area (Å²) >= 11 is 0. The lowest BCUT2D eigenvalue weighted by molar-refractivity contribution is 0.117. The molecule has 0 spiro atoms. The zero-order chi connectivity index (χ0) is 40.0. The standard InChI is InChI=1S/3C11H22.2C10H20/c1-9(2)11(4)7-5-10(3)6-8-11;1-10(2)9-11(3)7-5-4-6-8-11;1-3-4-8-11(2)9-6-5-7-10-11;1-9(2)8-10(3)6-4-5-7-10;1-3-4-7-10(2)8-5-6-9-10/h9-10H,5-8H2,1-4H3;10H,4-9H2,1-3H3;3-10H2,1-2H3;9H,4-8H2,1-3H3;3-9H2,1-2H3. The van der Waals surface area contributed by atoms with Gasteiger partial charge >= 0.3 is 0 Å². The first-order valence-corrected chi connectivity index (χ1v) is 24.8. The monoisotopic (exact) mass is 743 g/mol. The number of hydrogen-bond donors (Lipinski definition) is 0. The fraction of sp³-hybridized carbons (Fsp3) is 1.00. The Hall–Kier alpha value is 0. The summed E-state index contributed by atoms with van der Waals surface area (Å²) in [5.41, 5.74) is 3.55. The molecule has 0 atom stereocenters. The Morgan fingerprint density at radius 1 is 0.415 bits per heavy atom. The van der Waals surface area contributed by atoms with Crippen LogP contribution in [0.5, 0.6) is 0 Å². The van der Waals surface area contributed by atoms with Gasteiger partial charge in [-0.25, -0.2) is 0 Å². The Balaban J connectivity index is 0.000000331.